The average Bonchev–Trinajstić information content (AvgIpc) is 3.72. The molecule has 2 saturated heterocycles. The molecular weight excluding hydrogens is 579 g/mol. The lowest BCUT2D eigenvalue weighted by molar-refractivity contribution is -0.108. The van der Waals surface area contributed by atoms with Crippen LogP contribution in [0.25, 0.3) is 22.2 Å². The summed E-state index contributed by atoms with van der Waals surface area (Å²) in [6, 6.07) is 1.87. The number of halogens is 1. The maximum Gasteiger partial charge on any atom is 0.280 e. The van der Waals surface area contributed by atoms with Gasteiger partial charge >= 0.3 is 0 Å². The highest BCUT2D eigenvalue weighted by atomic mass is 31.1. The van der Waals surface area contributed by atoms with Crippen LogP contribution >= 0.6 is 18.3 Å². The summed E-state index contributed by atoms with van der Waals surface area (Å²) < 4.78 is 42.0. The minimum Gasteiger partial charge on any atom is -0.396 e. The molecule has 0 aromatic carbocycles. The predicted molar refractivity (Wildman–Crippen MR) is 150 cm³/mol. The zero-order valence-corrected chi connectivity index (χ0v) is 23.8. The number of nitrogens with two attached hydrogens (primary N) is 2. The Kier molecular flexibility index (Phi) is 8.14. The number of H-pyrrole nitrogens is 1. The highest BCUT2D eigenvalue weighted by molar-refractivity contribution is 7.32. The van der Waals surface area contributed by atoms with Crippen molar-refractivity contribution in [2.75, 3.05) is 30.8 Å². The Morgan fingerprint density at radius 3 is 2.90 bits per heavy atom. The zero-order chi connectivity index (χ0) is 28.7. The first-order valence-electron chi connectivity index (χ1n) is 12.9. The molecule has 6 rings (SSSR count). The summed E-state index contributed by atoms with van der Waals surface area (Å²) in [5.74, 6) is -0.498. The van der Waals surface area contributed by atoms with E-state index in [-0.39, 0.29) is 44.2 Å². The molecule has 9 atom stereocenters. The monoisotopic (exact) mass is 609 g/mol. The van der Waals surface area contributed by atoms with E-state index >= 15 is 4.39 Å². The normalized spacial score (nSPS) is 28.6. The number of nitrogens with one attached hydrogen (secondary N) is 1. The summed E-state index contributed by atoms with van der Waals surface area (Å²) in [7, 11) is 2.19. The molecule has 18 heteroatoms. The molecule has 2 aliphatic heterocycles. The molecule has 0 bridgehead atoms. The molecule has 0 aliphatic carbocycles. The molecule has 0 amide bonds. The van der Waals surface area contributed by atoms with E-state index in [4.69, 9.17) is 30.0 Å². The fourth-order valence-corrected chi connectivity index (χ4v) is 6.64. The van der Waals surface area contributed by atoms with E-state index in [1.165, 1.54) is 17.2 Å². The van der Waals surface area contributed by atoms with Crippen molar-refractivity contribution >= 4 is 52.2 Å². The summed E-state index contributed by atoms with van der Waals surface area (Å²) in [6.45, 7) is -0.111. The lowest BCUT2D eigenvalue weighted by Gasteiger charge is -2.18. The fraction of sp³-hybridized carbons (Fsp3) is 0.522. The van der Waals surface area contributed by atoms with Crippen LogP contribution in [0.2, 0.25) is 0 Å². The number of aliphatic hydroxyl groups is 1. The molecule has 6 N–H and O–H groups in total. The van der Waals surface area contributed by atoms with Crippen LogP contribution in [0.4, 0.5) is 16.2 Å². The number of nitrogens with zero attached hydrogens (tertiary/aromatic N) is 6. The van der Waals surface area contributed by atoms with Gasteiger partial charge in [-0.15, -0.1) is 0 Å². The summed E-state index contributed by atoms with van der Waals surface area (Å²) in [5, 5.41) is 10.7. The first-order chi connectivity index (χ1) is 19.9. The van der Waals surface area contributed by atoms with Gasteiger partial charge in [0.15, 0.2) is 23.6 Å². The van der Waals surface area contributed by atoms with Crippen LogP contribution in [0.15, 0.2) is 29.7 Å². The number of anilines is 2. The van der Waals surface area contributed by atoms with Crippen LogP contribution in [0.5, 0.6) is 0 Å². The predicted octanol–water partition coefficient (Wildman–Crippen LogP) is 1.24. The Hall–Kier alpha value is -2.84. The Morgan fingerprint density at radius 1 is 1.24 bits per heavy atom. The van der Waals surface area contributed by atoms with Gasteiger partial charge in [0, 0.05) is 24.5 Å². The van der Waals surface area contributed by atoms with Crippen molar-refractivity contribution in [3.8, 4) is 0 Å². The van der Waals surface area contributed by atoms with Crippen LogP contribution in [0.3, 0.4) is 0 Å². The molecule has 220 valence electrons. The van der Waals surface area contributed by atoms with Crippen molar-refractivity contribution in [2.24, 2.45) is 11.8 Å². The van der Waals surface area contributed by atoms with Gasteiger partial charge in [-0.1, -0.05) is 0 Å². The summed E-state index contributed by atoms with van der Waals surface area (Å²) in [4.78, 5) is 31.1. The molecule has 3 unspecified atom stereocenters. The lowest BCUT2D eigenvalue weighted by Crippen LogP contribution is -2.26. The average molecular weight is 609 g/mol. The molecule has 2 fully saturated rings. The third-order valence-electron chi connectivity index (χ3n) is 7.53. The van der Waals surface area contributed by atoms with E-state index in [0.717, 1.165) is 18.2 Å². The van der Waals surface area contributed by atoms with Gasteiger partial charge < -0.3 is 39.7 Å². The Labute approximate surface area is 236 Å². The van der Waals surface area contributed by atoms with E-state index < -0.39 is 36.8 Å². The van der Waals surface area contributed by atoms with Crippen LogP contribution in [-0.2, 0) is 18.5 Å². The first kappa shape index (κ1) is 28.3. The highest BCUT2D eigenvalue weighted by Gasteiger charge is 2.47. The van der Waals surface area contributed by atoms with E-state index in [1.807, 2.05) is 16.8 Å². The van der Waals surface area contributed by atoms with Crippen molar-refractivity contribution in [3.63, 3.8) is 0 Å². The fourth-order valence-electron chi connectivity index (χ4n) is 5.50. The van der Waals surface area contributed by atoms with Crippen molar-refractivity contribution in [1.82, 2.24) is 34.1 Å². The second-order valence-electron chi connectivity index (χ2n) is 9.94. The molecule has 0 spiro atoms. The minimum atomic E-state index is -1.61. The molecule has 0 saturated carbocycles. The van der Waals surface area contributed by atoms with Gasteiger partial charge in [0.05, 0.1) is 36.9 Å². The third kappa shape index (κ3) is 5.29. The number of imidazole rings is 1. The quantitative estimate of drug-likeness (QED) is 0.148. The Bertz CT molecular complexity index is 1590. The van der Waals surface area contributed by atoms with Gasteiger partial charge in [0.2, 0.25) is 5.95 Å². The number of aromatic nitrogens is 7. The standard InChI is InChI=1S/C23H30FN9O6P2/c24-15-12(6-34)21(33-9-29-16-19(33)30-23(26)31-20(16)35)38-22(15)39-41-4-2-10-5-14(37-13(10)7-36-40)32-3-1-11-17(25)27-8-28-18(11)32/h1,3,8-10,12-15,21-22,34,41H,2,4-7,40H2,(H2,25,27,28)(H3,26,30,31,35)/t10-,12+,13+,14+,15-,21+,22?/m0/s1. The number of ether oxygens (including phenoxy) is 2. The molecule has 0 radical (unpaired) electrons. The van der Waals surface area contributed by atoms with Crippen molar-refractivity contribution < 1.29 is 28.0 Å². The smallest absolute Gasteiger partial charge is 0.280 e. The molecule has 4 aromatic heterocycles. The topological polar surface area (TPSA) is 203 Å². The van der Waals surface area contributed by atoms with E-state index in [9.17, 15) is 9.90 Å². The zero-order valence-electron chi connectivity index (χ0n) is 21.7. The van der Waals surface area contributed by atoms with E-state index in [2.05, 4.69) is 34.4 Å². The van der Waals surface area contributed by atoms with Gasteiger partial charge in [-0.3, -0.25) is 14.3 Å². The van der Waals surface area contributed by atoms with Gasteiger partial charge in [-0.05, 0) is 31.0 Å². The van der Waals surface area contributed by atoms with Crippen molar-refractivity contribution in [1.29, 1.82) is 0 Å². The number of alkyl halides is 1. The number of nitrogen functional groups attached to an aromatic ring is 2. The molecule has 2 aliphatic rings. The van der Waals surface area contributed by atoms with E-state index in [0.29, 0.717) is 24.2 Å². The van der Waals surface area contributed by atoms with E-state index in [1.54, 1.807) is 0 Å². The number of rotatable bonds is 10. The minimum absolute atomic E-state index is 0.0334. The number of hydrogen-bond donors (Lipinski definition) is 4. The second kappa shape index (κ2) is 11.8. The SMILES string of the molecule is Nc1nc2c(ncn2[C@@H]2OC(OPCC[C@H]3C[C@H](n4ccc5c(N)ncnc54)O[C@@H]3COP)[C@@H](F)[C@H]2CO)c(=O)[nH]1. The highest BCUT2D eigenvalue weighted by Crippen LogP contribution is 2.42. The number of fused-ring (bicyclic) bond motifs is 2. The molecule has 15 nitrogen and oxygen atoms in total. The number of hydrogen-bond acceptors (Lipinski definition) is 12. The first-order valence-corrected chi connectivity index (χ1v) is 14.5. The maximum absolute atomic E-state index is 15.3. The summed E-state index contributed by atoms with van der Waals surface area (Å²) in [5.41, 5.74) is 12.0. The third-order valence-corrected chi connectivity index (χ3v) is 8.62. The largest absolute Gasteiger partial charge is 0.396 e. The number of aromatic amines is 1. The van der Waals surface area contributed by atoms with Gasteiger partial charge in [-0.25, -0.2) is 19.3 Å². The molecule has 6 heterocycles. The van der Waals surface area contributed by atoms with Crippen LogP contribution in [0, 0.1) is 11.8 Å². The van der Waals surface area contributed by atoms with Crippen LogP contribution in [0.1, 0.15) is 25.3 Å². The van der Waals surface area contributed by atoms with Gasteiger partial charge in [0.1, 0.15) is 30.2 Å². The molecular formula is C23H30FN9O6P2. The van der Waals surface area contributed by atoms with Gasteiger partial charge in [0.25, 0.3) is 5.56 Å². The summed E-state index contributed by atoms with van der Waals surface area (Å²) in [6.07, 6.45) is 2.54. The Balaban J connectivity index is 1.08. The van der Waals surface area contributed by atoms with Crippen molar-refractivity contribution in [2.45, 2.75) is 43.9 Å². The lowest BCUT2D eigenvalue weighted by atomic mass is 9.98. The number of aliphatic hydroxyl groups excluding tert-OH is 1. The Morgan fingerprint density at radius 2 is 2.10 bits per heavy atom. The second-order valence-corrected chi connectivity index (χ2v) is 11.3. The molecule has 4 aromatic rings. The van der Waals surface area contributed by atoms with Crippen molar-refractivity contribution in [3.05, 3.63) is 35.3 Å². The van der Waals surface area contributed by atoms with Gasteiger partial charge in [-0.2, -0.15) is 4.98 Å². The summed E-state index contributed by atoms with van der Waals surface area (Å²) >= 11 is 0. The maximum atomic E-state index is 15.3. The van der Waals surface area contributed by atoms with Crippen LogP contribution in [-0.4, -0.2) is 77.1 Å². The van der Waals surface area contributed by atoms with Crippen LogP contribution < -0.4 is 17.0 Å². The molecule has 41 heavy (non-hydrogen) atoms.